The number of piperazine rings is 1. The summed E-state index contributed by atoms with van der Waals surface area (Å²) in [5.74, 6) is -0.249. The summed E-state index contributed by atoms with van der Waals surface area (Å²) in [4.78, 5) is 23.5. The van der Waals surface area contributed by atoms with Crippen LogP contribution in [0.1, 0.15) is 18.9 Å². The van der Waals surface area contributed by atoms with Crippen LogP contribution in [0, 0.1) is 0 Å². The lowest BCUT2D eigenvalue weighted by molar-refractivity contribution is -0.127. The molecule has 5 nitrogen and oxygen atoms in total. The second-order valence-electron chi connectivity index (χ2n) is 4.56. The van der Waals surface area contributed by atoms with Crippen molar-refractivity contribution in [3.05, 3.63) is 29.8 Å². The number of hydrogen-bond acceptors (Lipinski definition) is 3. The molecule has 1 saturated heterocycles. The van der Waals surface area contributed by atoms with Crippen molar-refractivity contribution < 1.29 is 9.59 Å². The quantitative estimate of drug-likeness (QED) is 0.746. The van der Waals surface area contributed by atoms with Crippen LogP contribution in [-0.4, -0.2) is 30.9 Å². The highest BCUT2D eigenvalue weighted by Gasteiger charge is 2.24. The third kappa shape index (κ3) is 3.54. The van der Waals surface area contributed by atoms with Crippen LogP contribution in [0.3, 0.4) is 0 Å². The molecule has 0 aliphatic carbocycles. The van der Waals surface area contributed by atoms with Crippen LogP contribution in [0.25, 0.3) is 0 Å². The van der Waals surface area contributed by atoms with Gasteiger partial charge in [0.25, 0.3) is 0 Å². The van der Waals surface area contributed by atoms with Crippen molar-refractivity contribution in [1.82, 2.24) is 10.6 Å². The van der Waals surface area contributed by atoms with E-state index in [1.165, 1.54) is 0 Å². The predicted octanol–water partition coefficient (Wildman–Crippen LogP) is 0.666. The number of carbonyl (C=O) groups excluding carboxylic acids is 2. The molecule has 19 heavy (non-hydrogen) atoms. The lowest BCUT2D eigenvalue weighted by atomic mass is 10.1. The molecule has 3 N–H and O–H groups in total. The van der Waals surface area contributed by atoms with E-state index in [0.29, 0.717) is 13.1 Å². The molecule has 5 heteroatoms. The lowest BCUT2D eigenvalue weighted by Gasteiger charge is -2.23. The molecule has 2 amide bonds. The van der Waals surface area contributed by atoms with E-state index in [2.05, 4.69) is 16.0 Å². The average Bonchev–Trinajstić information content (AvgIpc) is 2.42. The largest absolute Gasteiger partial charge is 0.353 e. The lowest BCUT2D eigenvalue weighted by Crippen LogP contribution is -2.53. The highest BCUT2D eigenvalue weighted by molar-refractivity contribution is 5.96. The number of aryl methyl sites for hydroxylation is 1. The molecule has 102 valence electrons. The number of benzene rings is 1. The molecular formula is C14H19N3O2. The minimum absolute atomic E-state index is 0.106. The van der Waals surface area contributed by atoms with E-state index < -0.39 is 6.04 Å². The van der Waals surface area contributed by atoms with Crippen molar-refractivity contribution in [2.45, 2.75) is 25.8 Å². The number of rotatable bonds is 4. The molecule has 0 radical (unpaired) electrons. The van der Waals surface area contributed by atoms with Gasteiger partial charge in [0.05, 0.1) is 12.5 Å². The molecule has 1 aliphatic rings. The number of anilines is 1. The number of para-hydroxylation sites is 1. The molecule has 1 aromatic carbocycles. The van der Waals surface area contributed by atoms with E-state index in [0.717, 1.165) is 17.7 Å². The zero-order valence-corrected chi connectivity index (χ0v) is 11.0. The van der Waals surface area contributed by atoms with Crippen molar-refractivity contribution in [2.75, 3.05) is 18.4 Å². The standard InChI is InChI=1S/C14H19N3O2/c1-2-10-5-3-4-6-11(10)17-13(18)9-12-14(19)16-8-7-15-12/h3-6,12,15H,2,7-9H2,1H3,(H,16,19)(H,17,18)/t12-/m1/s1. The van der Waals surface area contributed by atoms with E-state index in [1.54, 1.807) is 0 Å². The van der Waals surface area contributed by atoms with Gasteiger partial charge in [-0.1, -0.05) is 25.1 Å². The van der Waals surface area contributed by atoms with Crippen molar-refractivity contribution in [3.8, 4) is 0 Å². The Morgan fingerprint density at radius 2 is 2.16 bits per heavy atom. The normalized spacial score (nSPS) is 18.8. The molecule has 0 saturated carbocycles. The smallest absolute Gasteiger partial charge is 0.237 e. The second kappa shape index (κ2) is 6.33. The molecule has 0 spiro atoms. The highest BCUT2D eigenvalue weighted by Crippen LogP contribution is 2.15. The molecule has 0 bridgehead atoms. The minimum atomic E-state index is -0.428. The summed E-state index contributed by atoms with van der Waals surface area (Å²) < 4.78 is 0. The number of nitrogens with one attached hydrogen (secondary N) is 3. The van der Waals surface area contributed by atoms with E-state index in [-0.39, 0.29) is 18.2 Å². The summed E-state index contributed by atoms with van der Waals surface area (Å²) in [7, 11) is 0. The summed E-state index contributed by atoms with van der Waals surface area (Å²) in [6, 6.07) is 7.28. The average molecular weight is 261 g/mol. The Morgan fingerprint density at radius 3 is 2.89 bits per heavy atom. The summed E-state index contributed by atoms with van der Waals surface area (Å²) >= 11 is 0. The van der Waals surface area contributed by atoms with Crippen LogP contribution < -0.4 is 16.0 Å². The first-order chi connectivity index (χ1) is 9.20. The van der Waals surface area contributed by atoms with Gasteiger partial charge in [-0.05, 0) is 18.1 Å². The Bertz CT molecular complexity index is 474. The molecule has 1 aliphatic heterocycles. The number of hydrogen-bond donors (Lipinski definition) is 3. The van der Waals surface area contributed by atoms with E-state index in [4.69, 9.17) is 0 Å². The maximum absolute atomic E-state index is 12.0. The van der Waals surface area contributed by atoms with Crippen molar-refractivity contribution in [2.24, 2.45) is 0 Å². The van der Waals surface area contributed by atoms with Gasteiger partial charge in [-0.25, -0.2) is 0 Å². The van der Waals surface area contributed by atoms with Crippen molar-refractivity contribution in [1.29, 1.82) is 0 Å². The van der Waals surface area contributed by atoms with Crippen LogP contribution in [0.15, 0.2) is 24.3 Å². The third-order valence-electron chi connectivity index (χ3n) is 3.19. The maximum Gasteiger partial charge on any atom is 0.237 e. The number of carbonyl (C=O) groups is 2. The van der Waals surface area contributed by atoms with Crippen LogP contribution >= 0.6 is 0 Å². The van der Waals surface area contributed by atoms with Crippen molar-refractivity contribution in [3.63, 3.8) is 0 Å². The zero-order valence-electron chi connectivity index (χ0n) is 11.0. The Labute approximate surface area is 112 Å². The van der Waals surface area contributed by atoms with Gasteiger partial charge in [-0.3, -0.25) is 9.59 Å². The fourth-order valence-corrected chi connectivity index (χ4v) is 2.15. The molecular weight excluding hydrogens is 242 g/mol. The predicted molar refractivity (Wildman–Crippen MR) is 73.9 cm³/mol. The number of amides is 2. The van der Waals surface area contributed by atoms with Crippen LogP contribution in [-0.2, 0) is 16.0 Å². The topological polar surface area (TPSA) is 70.2 Å². The van der Waals surface area contributed by atoms with Gasteiger partial charge in [0, 0.05) is 18.8 Å². The van der Waals surface area contributed by atoms with Gasteiger partial charge in [-0.2, -0.15) is 0 Å². The van der Waals surface area contributed by atoms with Crippen LogP contribution in [0.2, 0.25) is 0 Å². The summed E-state index contributed by atoms with van der Waals surface area (Å²) in [6.07, 6.45) is 1.02. The first-order valence-corrected chi connectivity index (χ1v) is 6.59. The Kier molecular flexibility index (Phi) is 4.52. The van der Waals surface area contributed by atoms with Gasteiger partial charge in [0.1, 0.15) is 0 Å². The van der Waals surface area contributed by atoms with Crippen LogP contribution in [0.4, 0.5) is 5.69 Å². The molecule has 0 aromatic heterocycles. The molecule has 0 unspecified atom stereocenters. The molecule has 1 heterocycles. The monoisotopic (exact) mass is 261 g/mol. The molecule has 1 atom stereocenters. The van der Waals surface area contributed by atoms with Gasteiger partial charge >= 0.3 is 0 Å². The summed E-state index contributed by atoms with van der Waals surface area (Å²) in [5.41, 5.74) is 1.92. The fraction of sp³-hybridized carbons (Fsp3) is 0.429. The minimum Gasteiger partial charge on any atom is -0.353 e. The Hall–Kier alpha value is -1.88. The molecule has 2 rings (SSSR count). The van der Waals surface area contributed by atoms with E-state index in [1.807, 2.05) is 31.2 Å². The maximum atomic E-state index is 12.0. The first-order valence-electron chi connectivity index (χ1n) is 6.59. The van der Waals surface area contributed by atoms with Crippen LogP contribution in [0.5, 0.6) is 0 Å². The Morgan fingerprint density at radius 1 is 1.37 bits per heavy atom. The van der Waals surface area contributed by atoms with Gasteiger partial charge < -0.3 is 16.0 Å². The van der Waals surface area contributed by atoms with Crippen molar-refractivity contribution >= 4 is 17.5 Å². The van der Waals surface area contributed by atoms with Gasteiger partial charge in [0.2, 0.25) is 11.8 Å². The highest BCUT2D eigenvalue weighted by atomic mass is 16.2. The fourth-order valence-electron chi connectivity index (χ4n) is 2.15. The van der Waals surface area contributed by atoms with Gasteiger partial charge in [0.15, 0.2) is 0 Å². The summed E-state index contributed by atoms with van der Waals surface area (Å²) in [5, 5.41) is 8.65. The SMILES string of the molecule is CCc1ccccc1NC(=O)C[C@H]1NCCNC1=O. The zero-order chi connectivity index (χ0) is 13.7. The van der Waals surface area contributed by atoms with E-state index in [9.17, 15) is 9.59 Å². The molecule has 1 aromatic rings. The first kappa shape index (κ1) is 13.5. The molecule has 1 fully saturated rings. The third-order valence-corrected chi connectivity index (χ3v) is 3.19. The second-order valence-corrected chi connectivity index (χ2v) is 4.56. The van der Waals surface area contributed by atoms with Gasteiger partial charge in [-0.15, -0.1) is 0 Å². The summed E-state index contributed by atoms with van der Waals surface area (Å²) in [6.45, 7) is 3.37. The Balaban J connectivity index is 1.95. The van der Waals surface area contributed by atoms with E-state index >= 15 is 0 Å².